The molecule has 25 heavy (non-hydrogen) atoms. The summed E-state index contributed by atoms with van der Waals surface area (Å²) in [6, 6.07) is 19.1. The van der Waals surface area contributed by atoms with E-state index in [-0.39, 0.29) is 12.5 Å². The zero-order valence-electron chi connectivity index (χ0n) is 15.0. The normalized spacial score (nSPS) is 11.9. The molecule has 0 fully saturated rings. The highest BCUT2D eigenvalue weighted by atomic mass is 16.7. The maximum atomic E-state index is 10.6. The Labute approximate surface area is 150 Å². The first-order valence-corrected chi connectivity index (χ1v) is 9.20. The molecule has 0 radical (unpaired) electrons. The van der Waals surface area contributed by atoms with Crippen molar-refractivity contribution < 1.29 is 14.6 Å². The summed E-state index contributed by atoms with van der Waals surface area (Å²) in [5.74, 6) is 0.274. The predicted molar refractivity (Wildman–Crippen MR) is 101 cm³/mol. The predicted octanol–water partition coefficient (Wildman–Crippen LogP) is 6.03. The summed E-state index contributed by atoms with van der Waals surface area (Å²) >= 11 is 0. The van der Waals surface area contributed by atoms with E-state index in [1.165, 1.54) is 36.0 Å². The minimum absolute atomic E-state index is 0.247. The molecule has 0 spiro atoms. The molecule has 1 unspecified atom stereocenters. The van der Waals surface area contributed by atoms with E-state index in [0.717, 1.165) is 19.3 Å². The molecule has 0 aliphatic carbocycles. The first-order chi connectivity index (χ1) is 12.2. The first-order valence-electron chi connectivity index (χ1n) is 9.20. The van der Waals surface area contributed by atoms with Crippen molar-refractivity contribution in [2.24, 2.45) is 0 Å². The van der Waals surface area contributed by atoms with Crippen molar-refractivity contribution in [3.63, 3.8) is 0 Å². The Hall–Kier alpha value is -2.29. The molecule has 1 atom stereocenters. The van der Waals surface area contributed by atoms with Crippen LogP contribution in [0.5, 0.6) is 0 Å². The molecule has 0 aliphatic rings. The molecule has 0 saturated carbocycles. The summed E-state index contributed by atoms with van der Waals surface area (Å²) in [4.78, 5) is 10.6. The molecule has 1 N–H and O–H groups in total. The number of ether oxygens (including phenoxy) is 1. The van der Waals surface area contributed by atoms with Crippen LogP contribution in [0.2, 0.25) is 0 Å². The van der Waals surface area contributed by atoms with Crippen LogP contribution in [0.15, 0.2) is 54.6 Å². The van der Waals surface area contributed by atoms with Gasteiger partial charge in [-0.3, -0.25) is 0 Å². The van der Waals surface area contributed by atoms with Crippen LogP contribution in [0.4, 0.5) is 4.79 Å². The Kier molecular flexibility index (Phi) is 8.03. The van der Waals surface area contributed by atoms with Gasteiger partial charge in [0.2, 0.25) is 0 Å². The van der Waals surface area contributed by atoms with E-state index in [2.05, 4.69) is 55.5 Å². The number of aryl methyl sites for hydroxylation is 1. The third kappa shape index (κ3) is 6.26. The molecule has 0 amide bonds. The Morgan fingerprint density at radius 1 is 1.00 bits per heavy atom. The van der Waals surface area contributed by atoms with E-state index in [0.29, 0.717) is 0 Å². The van der Waals surface area contributed by atoms with Crippen LogP contribution in [0.3, 0.4) is 0 Å². The molecule has 0 heterocycles. The number of carbonyl (C=O) groups is 1. The van der Waals surface area contributed by atoms with Gasteiger partial charge in [-0.15, -0.1) is 0 Å². The summed E-state index contributed by atoms with van der Waals surface area (Å²) in [6.45, 7) is 2.47. The van der Waals surface area contributed by atoms with Gasteiger partial charge in [0.05, 0.1) is 6.61 Å². The SMILES string of the molecule is CCCCCc1ccccc1C(CCCOC(=O)O)c1ccccc1. The lowest BCUT2D eigenvalue weighted by molar-refractivity contribution is 0.0898. The van der Waals surface area contributed by atoms with Crippen LogP contribution in [0, 0.1) is 0 Å². The number of hydrogen-bond acceptors (Lipinski definition) is 2. The Bertz CT molecular complexity index is 637. The van der Waals surface area contributed by atoms with Crippen molar-refractivity contribution in [3.05, 3.63) is 71.3 Å². The third-order valence-corrected chi connectivity index (χ3v) is 4.54. The van der Waals surface area contributed by atoms with Gasteiger partial charge in [-0.2, -0.15) is 0 Å². The fourth-order valence-corrected chi connectivity index (χ4v) is 3.30. The second-order valence-corrected chi connectivity index (χ2v) is 6.38. The maximum absolute atomic E-state index is 10.6. The number of unbranched alkanes of at least 4 members (excludes halogenated alkanes) is 2. The highest BCUT2D eigenvalue weighted by molar-refractivity contribution is 5.56. The monoisotopic (exact) mass is 340 g/mol. The minimum Gasteiger partial charge on any atom is -0.450 e. The summed E-state index contributed by atoms with van der Waals surface area (Å²) < 4.78 is 4.69. The van der Waals surface area contributed by atoms with Gasteiger partial charge >= 0.3 is 6.16 Å². The van der Waals surface area contributed by atoms with E-state index < -0.39 is 6.16 Å². The second kappa shape index (κ2) is 10.5. The van der Waals surface area contributed by atoms with Gasteiger partial charge in [0.1, 0.15) is 0 Å². The molecule has 134 valence electrons. The largest absolute Gasteiger partial charge is 0.505 e. The lowest BCUT2D eigenvalue weighted by Gasteiger charge is -2.21. The highest BCUT2D eigenvalue weighted by Crippen LogP contribution is 2.32. The fourth-order valence-electron chi connectivity index (χ4n) is 3.30. The standard InChI is InChI=1S/C22H28O3/c1-2-3-5-11-18-14-8-9-15-20(18)21(16-10-17-25-22(23)24)19-12-6-4-7-13-19/h4,6-9,12-15,21H,2-3,5,10-11,16-17H2,1H3,(H,23,24). The van der Waals surface area contributed by atoms with Crippen molar-refractivity contribution in [1.82, 2.24) is 0 Å². The maximum Gasteiger partial charge on any atom is 0.505 e. The Morgan fingerprint density at radius 2 is 1.72 bits per heavy atom. The summed E-state index contributed by atoms with van der Waals surface area (Å²) in [7, 11) is 0. The average Bonchev–Trinajstić information content (AvgIpc) is 2.63. The zero-order chi connectivity index (χ0) is 17.9. The molecule has 2 rings (SSSR count). The van der Waals surface area contributed by atoms with E-state index in [1.54, 1.807) is 0 Å². The van der Waals surface area contributed by atoms with Crippen LogP contribution < -0.4 is 0 Å². The van der Waals surface area contributed by atoms with Crippen LogP contribution in [-0.4, -0.2) is 17.9 Å². The molecule has 2 aromatic carbocycles. The van der Waals surface area contributed by atoms with Crippen LogP contribution >= 0.6 is 0 Å². The lowest BCUT2D eigenvalue weighted by Crippen LogP contribution is -2.08. The summed E-state index contributed by atoms with van der Waals surface area (Å²) in [6.07, 6.45) is 5.16. The van der Waals surface area contributed by atoms with E-state index in [4.69, 9.17) is 9.84 Å². The van der Waals surface area contributed by atoms with Crippen molar-refractivity contribution >= 4 is 6.16 Å². The summed E-state index contributed by atoms with van der Waals surface area (Å²) in [5, 5.41) is 8.66. The molecular weight excluding hydrogens is 312 g/mol. The van der Waals surface area contributed by atoms with Gasteiger partial charge < -0.3 is 9.84 Å². The smallest absolute Gasteiger partial charge is 0.450 e. The zero-order valence-corrected chi connectivity index (χ0v) is 15.0. The van der Waals surface area contributed by atoms with Gasteiger partial charge in [0.25, 0.3) is 0 Å². The Balaban J connectivity index is 2.18. The Morgan fingerprint density at radius 3 is 2.44 bits per heavy atom. The third-order valence-electron chi connectivity index (χ3n) is 4.54. The molecule has 0 saturated heterocycles. The molecule has 0 bridgehead atoms. The molecule has 0 aromatic heterocycles. The molecule has 0 aliphatic heterocycles. The van der Waals surface area contributed by atoms with Gasteiger partial charge in [0, 0.05) is 5.92 Å². The molecule has 3 heteroatoms. The minimum atomic E-state index is -1.20. The molecular formula is C22H28O3. The quantitative estimate of drug-likeness (QED) is 0.424. The fraction of sp³-hybridized carbons (Fsp3) is 0.409. The van der Waals surface area contributed by atoms with Gasteiger partial charge in [-0.1, -0.05) is 74.4 Å². The molecule has 2 aromatic rings. The van der Waals surface area contributed by atoms with E-state index in [9.17, 15) is 4.79 Å². The van der Waals surface area contributed by atoms with Gasteiger partial charge in [-0.25, -0.2) is 4.79 Å². The number of carboxylic acid groups (broad SMARTS) is 1. The van der Waals surface area contributed by atoms with E-state index >= 15 is 0 Å². The van der Waals surface area contributed by atoms with Crippen molar-refractivity contribution in [2.75, 3.05) is 6.61 Å². The summed E-state index contributed by atoms with van der Waals surface area (Å²) in [5.41, 5.74) is 4.05. The lowest BCUT2D eigenvalue weighted by atomic mass is 9.84. The number of rotatable bonds is 10. The van der Waals surface area contributed by atoms with Gasteiger partial charge in [-0.05, 0) is 42.4 Å². The van der Waals surface area contributed by atoms with Crippen LogP contribution in [0.25, 0.3) is 0 Å². The average molecular weight is 340 g/mol. The highest BCUT2D eigenvalue weighted by Gasteiger charge is 2.17. The number of hydrogen-bond donors (Lipinski definition) is 1. The second-order valence-electron chi connectivity index (χ2n) is 6.38. The van der Waals surface area contributed by atoms with Crippen LogP contribution in [-0.2, 0) is 11.2 Å². The van der Waals surface area contributed by atoms with Crippen molar-refractivity contribution in [3.8, 4) is 0 Å². The van der Waals surface area contributed by atoms with Gasteiger partial charge in [0.15, 0.2) is 0 Å². The number of benzene rings is 2. The first kappa shape index (κ1) is 19.0. The van der Waals surface area contributed by atoms with Crippen LogP contribution in [0.1, 0.15) is 61.6 Å². The van der Waals surface area contributed by atoms with Crippen molar-refractivity contribution in [1.29, 1.82) is 0 Å². The van der Waals surface area contributed by atoms with Crippen molar-refractivity contribution in [2.45, 2.75) is 51.4 Å². The van der Waals surface area contributed by atoms with E-state index in [1.807, 2.05) is 6.07 Å². The topological polar surface area (TPSA) is 46.5 Å². The molecule has 3 nitrogen and oxygen atoms in total.